The standard InChI is InChI=1S/C22H15N3O3S2/c26-18(13-11-17-12-14-19(29-17)25(27)28)23-22-24-20(15-7-3-1-4-8-15)21(30-22)16-9-5-2-6-10-16/h1-14H,(H,23,24,26). The second-order valence-electron chi connectivity index (χ2n) is 6.18. The van der Waals surface area contributed by atoms with Crippen molar-refractivity contribution in [2.24, 2.45) is 0 Å². The van der Waals surface area contributed by atoms with Crippen LogP contribution in [0.1, 0.15) is 4.88 Å². The van der Waals surface area contributed by atoms with Crippen molar-refractivity contribution in [3.63, 3.8) is 0 Å². The number of carbonyl (C=O) groups is 1. The fraction of sp³-hybridized carbons (Fsp3) is 0. The Hall–Kier alpha value is -3.62. The van der Waals surface area contributed by atoms with Crippen molar-refractivity contribution in [3.8, 4) is 21.7 Å². The van der Waals surface area contributed by atoms with E-state index >= 15 is 0 Å². The Bertz CT molecular complexity index is 1160. The zero-order valence-corrected chi connectivity index (χ0v) is 17.2. The van der Waals surface area contributed by atoms with E-state index in [1.165, 1.54) is 23.5 Å². The number of nitro groups is 1. The molecule has 1 amide bonds. The van der Waals surface area contributed by atoms with E-state index in [9.17, 15) is 14.9 Å². The van der Waals surface area contributed by atoms with E-state index in [0.29, 0.717) is 10.0 Å². The molecule has 0 aliphatic heterocycles. The normalized spacial score (nSPS) is 10.9. The number of carbonyl (C=O) groups excluding carboxylic acids is 1. The van der Waals surface area contributed by atoms with Gasteiger partial charge in [-0.3, -0.25) is 20.2 Å². The van der Waals surface area contributed by atoms with Crippen LogP contribution in [-0.2, 0) is 4.79 Å². The Balaban J connectivity index is 1.58. The lowest BCUT2D eigenvalue weighted by atomic mass is 10.1. The Kier molecular flexibility index (Phi) is 5.78. The fourth-order valence-electron chi connectivity index (χ4n) is 2.79. The van der Waals surface area contributed by atoms with E-state index in [1.807, 2.05) is 60.7 Å². The average molecular weight is 434 g/mol. The second-order valence-corrected chi connectivity index (χ2v) is 8.28. The number of anilines is 1. The maximum Gasteiger partial charge on any atom is 0.324 e. The molecule has 0 atom stereocenters. The molecule has 1 N–H and O–H groups in total. The smallest absolute Gasteiger partial charge is 0.298 e. The minimum atomic E-state index is -0.451. The summed E-state index contributed by atoms with van der Waals surface area (Å²) in [6.07, 6.45) is 2.90. The molecule has 2 aromatic carbocycles. The lowest BCUT2D eigenvalue weighted by Crippen LogP contribution is -2.07. The Morgan fingerprint density at radius 3 is 2.23 bits per heavy atom. The van der Waals surface area contributed by atoms with E-state index < -0.39 is 4.92 Å². The molecule has 0 saturated carbocycles. The van der Waals surface area contributed by atoms with E-state index in [4.69, 9.17) is 0 Å². The van der Waals surface area contributed by atoms with Crippen LogP contribution < -0.4 is 5.32 Å². The van der Waals surface area contributed by atoms with Gasteiger partial charge < -0.3 is 0 Å². The number of nitrogens with one attached hydrogen (secondary N) is 1. The lowest BCUT2D eigenvalue weighted by molar-refractivity contribution is -0.380. The number of aromatic nitrogens is 1. The van der Waals surface area contributed by atoms with E-state index in [2.05, 4.69) is 10.3 Å². The molecule has 2 aromatic heterocycles. The molecule has 4 aromatic rings. The molecular formula is C22H15N3O3S2. The van der Waals surface area contributed by atoms with Gasteiger partial charge in [0.1, 0.15) is 0 Å². The molecule has 8 heteroatoms. The molecule has 148 valence electrons. The van der Waals surface area contributed by atoms with Gasteiger partial charge in [0.05, 0.1) is 15.5 Å². The predicted octanol–water partition coefficient (Wildman–Crippen LogP) is 6.10. The van der Waals surface area contributed by atoms with Gasteiger partial charge in [-0.15, -0.1) is 0 Å². The number of amides is 1. The SMILES string of the molecule is O=C(C=Cc1ccc([N+](=O)[O-])s1)Nc1nc(-c2ccccc2)c(-c2ccccc2)s1. The van der Waals surface area contributed by atoms with Gasteiger partial charge in [0.2, 0.25) is 5.91 Å². The Morgan fingerprint density at radius 2 is 1.60 bits per heavy atom. The maximum absolute atomic E-state index is 12.4. The first kappa shape index (κ1) is 19.7. The van der Waals surface area contributed by atoms with Crippen LogP contribution in [-0.4, -0.2) is 15.8 Å². The summed E-state index contributed by atoms with van der Waals surface area (Å²) in [5, 5.41) is 14.1. The molecule has 0 aliphatic rings. The van der Waals surface area contributed by atoms with Gasteiger partial charge in [-0.25, -0.2) is 4.98 Å². The van der Waals surface area contributed by atoms with E-state index in [-0.39, 0.29) is 10.9 Å². The number of rotatable bonds is 6. The van der Waals surface area contributed by atoms with Crippen molar-refractivity contribution in [2.45, 2.75) is 0 Å². The quantitative estimate of drug-likeness (QED) is 0.226. The van der Waals surface area contributed by atoms with Crippen LogP contribution in [0, 0.1) is 10.1 Å². The predicted molar refractivity (Wildman–Crippen MR) is 122 cm³/mol. The molecule has 0 aliphatic carbocycles. The van der Waals surface area contributed by atoms with E-state index in [0.717, 1.165) is 33.0 Å². The first-order valence-corrected chi connectivity index (χ1v) is 10.6. The van der Waals surface area contributed by atoms with Gasteiger partial charge in [-0.1, -0.05) is 83.3 Å². The largest absolute Gasteiger partial charge is 0.324 e. The van der Waals surface area contributed by atoms with Crippen LogP contribution in [0.5, 0.6) is 0 Å². The maximum atomic E-state index is 12.4. The molecule has 0 fully saturated rings. The van der Waals surface area contributed by atoms with Crippen LogP contribution in [0.3, 0.4) is 0 Å². The molecular weight excluding hydrogens is 418 g/mol. The summed E-state index contributed by atoms with van der Waals surface area (Å²) in [7, 11) is 0. The molecule has 0 bridgehead atoms. The summed E-state index contributed by atoms with van der Waals surface area (Å²) < 4.78 is 0. The van der Waals surface area contributed by atoms with Crippen molar-refractivity contribution in [1.82, 2.24) is 4.98 Å². The number of nitrogens with zero attached hydrogens (tertiary/aromatic N) is 2. The summed E-state index contributed by atoms with van der Waals surface area (Å²) in [5.74, 6) is -0.348. The summed E-state index contributed by atoms with van der Waals surface area (Å²) in [5.41, 5.74) is 2.80. The molecule has 6 nitrogen and oxygen atoms in total. The highest BCUT2D eigenvalue weighted by atomic mass is 32.1. The van der Waals surface area contributed by atoms with Gasteiger partial charge >= 0.3 is 5.00 Å². The van der Waals surface area contributed by atoms with Crippen molar-refractivity contribution in [1.29, 1.82) is 0 Å². The topological polar surface area (TPSA) is 85.1 Å². The van der Waals surface area contributed by atoms with Gasteiger partial charge in [0.25, 0.3) is 0 Å². The molecule has 0 spiro atoms. The minimum absolute atomic E-state index is 0.0370. The number of thiophene rings is 1. The third-order valence-electron chi connectivity index (χ3n) is 4.13. The van der Waals surface area contributed by atoms with Crippen LogP contribution in [0.2, 0.25) is 0 Å². The average Bonchev–Trinajstić information content (AvgIpc) is 3.41. The Morgan fingerprint density at radius 1 is 0.933 bits per heavy atom. The molecule has 0 unspecified atom stereocenters. The summed E-state index contributed by atoms with van der Waals surface area (Å²) >= 11 is 2.41. The summed E-state index contributed by atoms with van der Waals surface area (Å²) in [6.45, 7) is 0. The number of hydrogen-bond acceptors (Lipinski definition) is 6. The highest BCUT2D eigenvalue weighted by Gasteiger charge is 2.16. The zero-order valence-electron chi connectivity index (χ0n) is 15.5. The molecule has 4 rings (SSSR count). The van der Waals surface area contributed by atoms with Crippen molar-refractivity contribution >= 4 is 44.8 Å². The number of hydrogen-bond donors (Lipinski definition) is 1. The summed E-state index contributed by atoms with van der Waals surface area (Å²) in [6, 6.07) is 22.7. The van der Waals surface area contributed by atoms with Crippen molar-refractivity contribution in [3.05, 3.63) is 93.9 Å². The zero-order chi connectivity index (χ0) is 20.9. The number of thiazole rings is 1. The third kappa shape index (κ3) is 4.51. The second kappa shape index (κ2) is 8.81. The molecule has 30 heavy (non-hydrogen) atoms. The van der Waals surface area contributed by atoms with Gasteiger partial charge in [-0.05, 0) is 17.7 Å². The van der Waals surface area contributed by atoms with Crippen molar-refractivity contribution in [2.75, 3.05) is 5.32 Å². The van der Waals surface area contributed by atoms with Crippen LogP contribution in [0.4, 0.5) is 10.1 Å². The molecule has 0 saturated heterocycles. The van der Waals surface area contributed by atoms with Crippen molar-refractivity contribution < 1.29 is 9.72 Å². The van der Waals surface area contributed by atoms with E-state index in [1.54, 1.807) is 12.1 Å². The highest BCUT2D eigenvalue weighted by molar-refractivity contribution is 7.19. The number of benzene rings is 2. The molecule has 2 heterocycles. The monoisotopic (exact) mass is 433 g/mol. The first-order chi connectivity index (χ1) is 14.6. The first-order valence-electron chi connectivity index (χ1n) is 8.95. The van der Waals surface area contributed by atoms with Gasteiger partial charge in [0.15, 0.2) is 5.13 Å². The molecule has 0 radical (unpaired) electrons. The lowest BCUT2D eigenvalue weighted by Gasteiger charge is -2.02. The Labute approximate surface area is 180 Å². The van der Waals surface area contributed by atoms with Crippen LogP contribution >= 0.6 is 22.7 Å². The van der Waals surface area contributed by atoms with Crippen LogP contribution in [0.25, 0.3) is 27.8 Å². The van der Waals surface area contributed by atoms with Gasteiger partial charge in [-0.2, -0.15) is 0 Å². The third-order valence-corrected chi connectivity index (χ3v) is 6.15. The summed E-state index contributed by atoms with van der Waals surface area (Å²) in [4.78, 5) is 28.9. The fourth-order valence-corrected chi connectivity index (χ4v) is 4.51. The van der Waals surface area contributed by atoms with Crippen LogP contribution in [0.15, 0.2) is 78.9 Å². The minimum Gasteiger partial charge on any atom is -0.298 e. The van der Waals surface area contributed by atoms with Gasteiger partial charge in [0, 0.05) is 22.6 Å². The highest BCUT2D eigenvalue weighted by Crippen LogP contribution is 2.38.